The number of rotatable bonds is 3. The molecule has 2 aromatic rings. The first-order chi connectivity index (χ1) is 8.70. The predicted octanol–water partition coefficient (Wildman–Crippen LogP) is 2.45. The van der Waals surface area contributed by atoms with Crippen LogP contribution in [0.25, 0.3) is 0 Å². The number of phenols is 1. The molecule has 2 N–H and O–H groups in total. The van der Waals surface area contributed by atoms with Gasteiger partial charge in [-0.3, -0.25) is 4.79 Å². The van der Waals surface area contributed by atoms with E-state index >= 15 is 0 Å². The van der Waals surface area contributed by atoms with Gasteiger partial charge in [0.1, 0.15) is 11.5 Å². The first-order valence-corrected chi connectivity index (χ1v) is 5.35. The number of carbonyl (C=O) groups is 1. The van der Waals surface area contributed by atoms with Gasteiger partial charge in [0.05, 0.1) is 12.7 Å². The molecule has 2 aromatic carbocycles. The molecule has 0 heterocycles. The number of ether oxygens (including phenoxy) is 1. The van der Waals surface area contributed by atoms with E-state index < -0.39 is 5.91 Å². The second kappa shape index (κ2) is 5.23. The molecule has 0 aliphatic carbocycles. The standard InChI is InChI=1S/C14H12NO3/c1-18-11-6-4-5-10(9-11)15-14(17)12-7-2-3-8-13(12)16/h3-9,16H,1H3,(H,15,17). The van der Waals surface area contributed by atoms with Gasteiger partial charge in [0.15, 0.2) is 0 Å². The summed E-state index contributed by atoms with van der Waals surface area (Å²) in [5, 5.41) is 12.2. The fourth-order valence-electron chi connectivity index (χ4n) is 1.50. The highest BCUT2D eigenvalue weighted by molar-refractivity contribution is 6.06. The molecule has 1 radical (unpaired) electrons. The topological polar surface area (TPSA) is 58.6 Å². The van der Waals surface area contributed by atoms with Crippen LogP contribution in [0, 0.1) is 6.07 Å². The largest absolute Gasteiger partial charge is 0.507 e. The second-order valence-corrected chi connectivity index (χ2v) is 3.63. The summed E-state index contributed by atoms with van der Waals surface area (Å²) in [6.07, 6.45) is 0. The smallest absolute Gasteiger partial charge is 0.259 e. The fourth-order valence-corrected chi connectivity index (χ4v) is 1.50. The molecule has 0 unspecified atom stereocenters. The Bertz CT molecular complexity index is 566. The number of methoxy groups -OCH3 is 1. The molecule has 18 heavy (non-hydrogen) atoms. The Balaban J connectivity index is 2.19. The summed E-state index contributed by atoms with van der Waals surface area (Å²) in [4.78, 5) is 11.9. The van der Waals surface area contributed by atoms with Crippen molar-refractivity contribution in [1.29, 1.82) is 0 Å². The van der Waals surface area contributed by atoms with Crippen LogP contribution < -0.4 is 10.1 Å². The molecule has 0 atom stereocenters. The number of hydrogen-bond acceptors (Lipinski definition) is 3. The number of anilines is 1. The third kappa shape index (κ3) is 2.60. The molecule has 0 bridgehead atoms. The van der Waals surface area contributed by atoms with E-state index in [0.717, 1.165) is 0 Å². The van der Waals surface area contributed by atoms with Crippen molar-refractivity contribution in [2.75, 3.05) is 12.4 Å². The van der Waals surface area contributed by atoms with Crippen molar-refractivity contribution < 1.29 is 14.6 Å². The molecule has 0 saturated carbocycles. The van der Waals surface area contributed by atoms with Crippen LogP contribution in [-0.2, 0) is 0 Å². The summed E-state index contributed by atoms with van der Waals surface area (Å²) in [6.45, 7) is 0. The quantitative estimate of drug-likeness (QED) is 0.869. The van der Waals surface area contributed by atoms with Crippen LogP contribution in [0.2, 0.25) is 0 Å². The van der Waals surface area contributed by atoms with Gasteiger partial charge in [-0.2, -0.15) is 0 Å². The highest BCUT2D eigenvalue weighted by Crippen LogP contribution is 2.20. The van der Waals surface area contributed by atoms with E-state index in [0.29, 0.717) is 11.4 Å². The van der Waals surface area contributed by atoms with Gasteiger partial charge in [-0.1, -0.05) is 12.1 Å². The summed E-state index contributed by atoms with van der Waals surface area (Å²) < 4.78 is 5.06. The van der Waals surface area contributed by atoms with Crippen molar-refractivity contribution in [3.8, 4) is 11.5 Å². The Morgan fingerprint density at radius 1 is 1.39 bits per heavy atom. The lowest BCUT2D eigenvalue weighted by Crippen LogP contribution is -2.11. The molecular formula is C14H12NO3. The number of phenolic OH excluding ortho intramolecular Hbond substituents is 1. The van der Waals surface area contributed by atoms with E-state index in [1.807, 2.05) is 0 Å². The Morgan fingerprint density at radius 3 is 2.94 bits per heavy atom. The van der Waals surface area contributed by atoms with E-state index in [9.17, 15) is 9.90 Å². The van der Waals surface area contributed by atoms with Gasteiger partial charge in [0.25, 0.3) is 5.91 Å². The van der Waals surface area contributed by atoms with E-state index in [-0.39, 0.29) is 11.3 Å². The minimum absolute atomic E-state index is 0.0749. The molecule has 0 fully saturated rings. The van der Waals surface area contributed by atoms with Crippen LogP contribution in [0.5, 0.6) is 11.5 Å². The van der Waals surface area contributed by atoms with Crippen LogP contribution in [0.1, 0.15) is 10.4 Å². The van der Waals surface area contributed by atoms with Crippen molar-refractivity contribution in [1.82, 2.24) is 0 Å². The Kier molecular flexibility index (Phi) is 3.48. The number of aromatic hydroxyl groups is 1. The molecule has 0 spiro atoms. The second-order valence-electron chi connectivity index (χ2n) is 3.63. The summed E-state index contributed by atoms with van der Waals surface area (Å²) >= 11 is 0. The van der Waals surface area contributed by atoms with Crippen molar-refractivity contribution in [2.24, 2.45) is 0 Å². The monoisotopic (exact) mass is 242 g/mol. The fraction of sp³-hybridized carbons (Fsp3) is 0.0714. The third-order valence-electron chi connectivity index (χ3n) is 2.41. The Hall–Kier alpha value is -2.49. The summed E-state index contributed by atoms with van der Waals surface area (Å²) in [5.41, 5.74) is 0.780. The summed E-state index contributed by atoms with van der Waals surface area (Å²) in [6, 6.07) is 14.1. The molecule has 0 aromatic heterocycles. The SMILES string of the molecule is COc1cccc(NC(=O)c2c[c]ccc2O)c1. The Labute approximate surface area is 105 Å². The van der Waals surface area contributed by atoms with Gasteiger partial charge in [-0.05, 0) is 30.3 Å². The normalized spacial score (nSPS) is 9.83. The number of benzene rings is 2. The summed E-state index contributed by atoms with van der Waals surface area (Å²) in [5.74, 6) is 0.184. The maximum Gasteiger partial charge on any atom is 0.259 e. The van der Waals surface area contributed by atoms with Crippen molar-refractivity contribution >= 4 is 11.6 Å². The predicted molar refractivity (Wildman–Crippen MR) is 67.9 cm³/mol. The molecule has 91 valence electrons. The van der Waals surface area contributed by atoms with Crippen LogP contribution in [0.3, 0.4) is 0 Å². The van der Waals surface area contributed by atoms with E-state index in [4.69, 9.17) is 4.74 Å². The van der Waals surface area contributed by atoms with E-state index in [1.165, 1.54) is 18.2 Å². The lowest BCUT2D eigenvalue weighted by atomic mass is 10.2. The van der Waals surface area contributed by atoms with Crippen molar-refractivity contribution in [3.63, 3.8) is 0 Å². The number of amides is 1. The number of carbonyl (C=O) groups excluding carboxylic acids is 1. The van der Waals surface area contributed by atoms with Gasteiger partial charge in [-0.15, -0.1) is 0 Å². The molecule has 0 saturated heterocycles. The minimum Gasteiger partial charge on any atom is -0.507 e. The van der Waals surface area contributed by atoms with Crippen LogP contribution in [0.15, 0.2) is 42.5 Å². The molecule has 2 rings (SSSR count). The third-order valence-corrected chi connectivity index (χ3v) is 2.41. The maximum absolute atomic E-state index is 11.9. The van der Waals surface area contributed by atoms with Gasteiger partial charge in [0, 0.05) is 11.8 Å². The van der Waals surface area contributed by atoms with Crippen molar-refractivity contribution in [3.05, 3.63) is 54.1 Å². The Morgan fingerprint density at radius 2 is 2.22 bits per heavy atom. The average Bonchev–Trinajstić information content (AvgIpc) is 2.39. The van der Waals surface area contributed by atoms with Crippen molar-refractivity contribution in [2.45, 2.75) is 0 Å². The van der Waals surface area contributed by atoms with Crippen LogP contribution in [0.4, 0.5) is 5.69 Å². The molecular weight excluding hydrogens is 230 g/mol. The first-order valence-electron chi connectivity index (χ1n) is 5.35. The lowest BCUT2D eigenvalue weighted by molar-refractivity contribution is 0.102. The number of nitrogens with one attached hydrogen (secondary N) is 1. The van der Waals surface area contributed by atoms with E-state index in [2.05, 4.69) is 11.4 Å². The zero-order valence-corrected chi connectivity index (χ0v) is 9.81. The van der Waals surface area contributed by atoms with Crippen LogP contribution in [-0.4, -0.2) is 18.1 Å². The highest BCUT2D eigenvalue weighted by atomic mass is 16.5. The minimum atomic E-state index is -0.391. The summed E-state index contributed by atoms with van der Waals surface area (Å²) in [7, 11) is 1.55. The van der Waals surface area contributed by atoms with Gasteiger partial charge >= 0.3 is 0 Å². The zero-order chi connectivity index (χ0) is 13.0. The first kappa shape index (κ1) is 12.0. The number of hydrogen-bond donors (Lipinski definition) is 2. The van der Waals surface area contributed by atoms with Crippen LogP contribution >= 0.6 is 0 Å². The molecule has 1 amide bonds. The maximum atomic E-state index is 11.9. The van der Waals surface area contributed by atoms with Gasteiger partial charge in [-0.25, -0.2) is 0 Å². The molecule has 0 aliphatic rings. The molecule has 0 aliphatic heterocycles. The molecule has 4 heteroatoms. The zero-order valence-electron chi connectivity index (χ0n) is 9.81. The average molecular weight is 242 g/mol. The van der Waals surface area contributed by atoms with Gasteiger partial charge < -0.3 is 15.2 Å². The highest BCUT2D eigenvalue weighted by Gasteiger charge is 2.10. The van der Waals surface area contributed by atoms with E-state index in [1.54, 1.807) is 31.4 Å². The van der Waals surface area contributed by atoms with Gasteiger partial charge in [0.2, 0.25) is 0 Å². The molecule has 4 nitrogen and oxygen atoms in total. The lowest BCUT2D eigenvalue weighted by Gasteiger charge is -2.07.